The van der Waals surface area contributed by atoms with Crippen LogP contribution in [0.2, 0.25) is 0 Å². The second-order valence-corrected chi connectivity index (χ2v) is 10.7. The molecule has 1 aromatic rings. The number of nitrogens with one attached hydrogen (secondary N) is 2. The van der Waals surface area contributed by atoms with Crippen LogP contribution in [-0.4, -0.2) is 60.1 Å². The Kier molecular flexibility index (Phi) is 10.3. The van der Waals surface area contributed by atoms with Crippen molar-refractivity contribution in [3.05, 3.63) is 35.4 Å². The van der Waals surface area contributed by atoms with Crippen molar-refractivity contribution in [2.24, 2.45) is 5.92 Å². The maximum atomic E-state index is 14.1. The van der Waals surface area contributed by atoms with E-state index in [9.17, 15) is 19.2 Å². The lowest BCUT2D eigenvalue weighted by Crippen LogP contribution is -2.58. The molecule has 36 heavy (non-hydrogen) atoms. The molecule has 1 aliphatic carbocycles. The average molecular weight is 504 g/mol. The zero-order valence-electron chi connectivity index (χ0n) is 22.6. The van der Waals surface area contributed by atoms with Crippen LogP contribution in [0.15, 0.2) is 24.3 Å². The van der Waals surface area contributed by atoms with Crippen molar-refractivity contribution in [2.75, 3.05) is 13.7 Å². The first-order valence-electron chi connectivity index (χ1n) is 12.6. The highest BCUT2D eigenvalue weighted by Gasteiger charge is 2.42. The monoisotopic (exact) mass is 503 g/mol. The van der Waals surface area contributed by atoms with Crippen molar-refractivity contribution >= 4 is 23.9 Å². The van der Waals surface area contributed by atoms with Gasteiger partial charge in [0.05, 0.1) is 7.11 Å². The highest BCUT2D eigenvalue weighted by Crippen LogP contribution is 2.35. The maximum absolute atomic E-state index is 14.1. The summed E-state index contributed by atoms with van der Waals surface area (Å²) < 4.78 is 10.1. The summed E-state index contributed by atoms with van der Waals surface area (Å²) in [6.07, 6.45) is 2.13. The minimum absolute atomic E-state index is 0.0992. The molecule has 2 rings (SSSR count). The lowest BCUT2D eigenvalue weighted by molar-refractivity contribution is -0.148. The van der Waals surface area contributed by atoms with Crippen LogP contribution in [0.3, 0.4) is 0 Å². The van der Waals surface area contributed by atoms with Crippen LogP contribution in [0, 0.1) is 12.8 Å². The molecule has 0 bridgehead atoms. The molecule has 200 valence electrons. The summed E-state index contributed by atoms with van der Waals surface area (Å²) in [6.45, 7) is 10.8. The van der Waals surface area contributed by atoms with E-state index in [2.05, 4.69) is 15.4 Å². The second kappa shape index (κ2) is 12.7. The van der Waals surface area contributed by atoms with E-state index in [0.717, 1.165) is 24.8 Å². The summed E-state index contributed by atoms with van der Waals surface area (Å²) in [6, 6.07) is 5.37. The Morgan fingerprint density at radius 3 is 2.25 bits per heavy atom. The Balaban J connectivity index is 2.48. The molecule has 0 spiro atoms. The third-order valence-corrected chi connectivity index (χ3v) is 6.06. The summed E-state index contributed by atoms with van der Waals surface area (Å²) >= 11 is 0. The minimum atomic E-state index is -0.969. The van der Waals surface area contributed by atoms with Crippen molar-refractivity contribution in [2.45, 2.75) is 91.0 Å². The third-order valence-electron chi connectivity index (χ3n) is 6.06. The fourth-order valence-corrected chi connectivity index (χ4v) is 4.14. The van der Waals surface area contributed by atoms with Crippen molar-refractivity contribution in [1.82, 2.24) is 15.5 Å². The number of carbonyl (C=O) groups excluding carboxylic acids is 4. The van der Waals surface area contributed by atoms with E-state index in [4.69, 9.17) is 4.74 Å². The number of esters is 1. The fraction of sp³-hybridized carbons (Fsp3) is 0.630. The maximum Gasteiger partial charge on any atom is 0.408 e. The summed E-state index contributed by atoms with van der Waals surface area (Å²) in [5, 5.41) is 5.38. The molecule has 1 saturated carbocycles. The number of benzene rings is 1. The molecule has 2 N–H and O–H groups in total. The molecule has 9 heteroatoms. The van der Waals surface area contributed by atoms with Crippen LogP contribution >= 0.6 is 0 Å². The normalized spacial score (nSPS) is 15.3. The summed E-state index contributed by atoms with van der Waals surface area (Å²) in [5.74, 6) is -1.31. The van der Waals surface area contributed by atoms with E-state index in [0.29, 0.717) is 12.0 Å². The Hall–Kier alpha value is -3.10. The number of hydrogen-bond donors (Lipinski definition) is 2. The molecule has 0 aliphatic heterocycles. The van der Waals surface area contributed by atoms with E-state index < -0.39 is 35.7 Å². The average Bonchev–Trinajstić information content (AvgIpc) is 2.74. The molecule has 3 amide bonds. The molecule has 1 fully saturated rings. The van der Waals surface area contributed by atoms with E-state index in [-0.39, 0.29) is 24.4 Å². The number of ether oxygens (including phenoxy) is 2. The van der Waals surface area contributed by atoms with E-state index >= 15 is 0 Å². The lowest BCUT2D eigenvalue weighted by Gasteiger charge is -2.44. The molecule has 0 saturated heterocycles. The first-order chi connectivity index (χ1) is 16.8. The first-order valence-corrected chi connectivity index (χ1v) is 12.6. The molecule has 2 atom stereocenters. The fourth-order valence-electron chi connectivity index (χ4n) is 4.14. The largest absolute Gasteiger partial charge is 0.468 e. The number of methoxy groups -OCH3 is 1. The van der Waals surface area contributed by atoms with Crippen LogP contribution in [0.5, 0.6) is 0 Å². The van der Waals surface area contributed by atoms with Gasteiger partial charge in [-0.15, -0.1) is 0 Å². The number of nitrogens with zero attached hydrogens (tertiary/aromatic N) is 1. The van der Waals surface area contributed by atoms with Crippen LogP contribution in [-0.2, 0) is 23.9 Å². The van der Waals surface area contributed by atoms with Gasteiger partial charge in [0.1, 0.15) is 24.2 Å². The quantitative estimate of drug-likeness (QED) is 0.471. The predicted octanol–water partition coefficient (Wildman–Crippen LogP) is 3.65. The van der Waals surface area contributed by atoms with Crippen LogP contribution in [0.4, 0.5) is 4.79 Å². The van der Waals surface area contributed by atoms with Crippen molar-refractivity contribution in [3.8, 4) is 0 Å². The van der Waals surface area contributed by atoms with Crippen LogP contribution in [0.25, 0.3) is 0 Å². The number of hydrogen-bond acceptors (Lipinski definition) is 6. The standard InChI is InChI=1S/C27H41N3O6/c1-17(2)15-21(29-26(34)36-27(4,5)6)25(33)30(19-12-10-13-19)23(20-14-9-8-11-18(20)3)24(32)28-16-22(31)35-7/h8-9,11,14,17,19,21,23H,10,12-13,15-16H2,1-7H3,(H,28,32)(H,29,34). The van der Waals surface area contributed by atoms with Gasteiger partial charge < -0.3 is 25.0 Å². The first kappa shape index (κ1) is 29.1. The van der Waals surface area contributed by atoms with Gasteiger partial charge in [0, 0.05) is 6.04 Å². The van der Waals surface area contributed by atoms with Gasteiger partial charge in [-0.1, -0.05) is 38.1 Å². The lowest BCUT2D eigenvalue weighted by atomic mass is 9.86. The highest BCUT2D eigenvalue weighted by atomic mass is 16.6. The van der Waals surface area contributed by atoms with Crippen LogP contribution in [0.1, 0.15) is 77.5 Å². The number of amides is 3. The van der Waals surface area contributed by atoms with Crippen molar-refractivity contribution in [1.29, 1.82) is 0 Å². The van der Waals surface area contributed by atoms with Gasteiger partial charge in [0.15, 0.2) is 0 Å². The van der Waals surface area contributed by atoms with E-state index in [1.807, 2.05) is 45.0 Å². The SMILES string of the molecule is COC(=O)CNC(=O)C(c1ccccc1C)N(C(=O)C(CC(C)C)NC(=O)OC(C)(C)C)C1CCC1. The Bertz CT molecular complexity index is 936. The number of aryl methyl sites for hydroxylation is 1. The molecular formula is C27H41N3O6. The molecule has 9 nitrogen and oxygen atoms in total. The zero-order chi connectivity index (χ0) is 27.0. The van der Waals surface area contributed by atoms with Gasteiger partial charge in [-0.05, 0) is 70.4 Å². The Labute approximate surface area is 214 Å². The molecule has 1 aromatic carbocycles. The Morgan fingerprint density at radius 2 is 1.75 bits per heavy atom. The van der Waals surface area contributed by atoms with E-state index in [1.165, 1.54) is 7.11 Å². The van der Waals surface area contributed by atoms with Gasteiger partial charge in [-0.2, -0.15) is 0 Å². The van der Waals surface area contributed by atoms with Gasteiger partial charge >= 0.3 is 12.1 Å². The summed E-state index contributed by atoms with van der Waals surface area (Å²) in [7, 11) is 1.25. The second-order valence-electron chi connectivity index (χ2n) is 10.7. The smallest absolute Gasteiger partial charge is 0.408 e. The van der Waals surface area contributed by atoms with Crippen LogP contribution < -0.4 is 10.6 Å². The molecule has 0 radical (unpaired) electrons. The van der Waals surface area contributed by atoms with Gasteiger partial charge in [-0.3, -0.25) is 14.4 Å². The number of rotatable bonds is 10. The van der Waals surface area contributed by atoms with Gasteiger partial charge in [0.2, 0.25) is 11.8 Å². The minimum Gasteiger partial charge on any atom is -0.468 e. The van der Waals surface area contributed by atoms with Crippen molar-refractivity contribution in [3.63, 3.8) is 0 Å². The zero-order valence-corrected chi connectivity index (χ0v) is 22.6. The number of carbonyl (C=O) groups is 4. The number of alkyl carbamates (subject to hydrolysis) is 1. The topological polar surface area (TPSA) is 114 Å². The Morgan fingerprint density at radius 1 is 1.11 bits per heavy atom. The van der Waals surface area contributed by atoms with Gasteiger partial charge in [-0.25, -0.2) is 4.79 Å². The molecule has 0 heterocycles. The highest BCUT2D eigenvalue weighted by molar-refractivity contribution is 5.93. The van der Waals surface area contributed by atoms with Crippen molar-refractivity contribution < 1.29 is 28.7 Å². The summed E-state index contributed by atoms with van der Waals surface area (Å²) in [4.78, 5) is 53.6. The summed E-state index contributed by atoms with van der Waals surface area (Å²) in [5.41, 5.74) is 0.787. The molecule has 2 unspecified atom stereocenters. The third kappa shape index (κ3) is 8.24. The molecule has 0 aromatic heterocycles. The van der Waals surface area contributed by atoms with Gasteiger partial charge in [0.25, 0.3) is 0 Å². The molecule has 1 aliphatic rings. The molecular weight excluding hydrogens is 462 g/mol. The predicted molar refractivity (Wildman–Crippen MR) is 136 cm³/mol. The van der Waals surface area contributed by atoms with E-state index in [1.54, 1.807) is 25.7 Å².